The van der Waals surface area contributed by atoms with Gasteiger partial charge in [0.1, 0.15) is 42.9 Å². The van der Waals surface area contributed by atoms with Crippen molar-refractivity contribution >= 4 is 185 Å². The molecule has 0 fully saturated rings. The van der Waals surface area contributed by atoms with Gasteiger partial charge in [-0.1, -0.05) is 47.8 Å². The smallest absolute Gasteiger partial charge is 0.331 e. The first-order valence-electron chi connectivity index (χ1n) is 14.5. The first-order valence-corrected chi connectivity index (χ1v) is 21.6. The molecular weight excluding hydrogens is 1270 g/mol. The lowest BCUT2D eigenvalue weighted by Gasteiger charge is -2.36. The molecule has 0 aromatic carbocycles. The lowest BCUT2D eigenvalue weighted by Crippen LogP contribution is -2.56. The van der Waals surface area contributed by atoms with E-state index in [9.17, 15) is 33.6 Å². The summed E-state index contributed by atoms with van der Waals surface area (Å²) in [6, 6.07) is 0. The number of esters is 4. The third-order valence-corrected chi connectivity index (χ3v) is 10.00. The Bertz CT molecular complexity index is 1210. The molecule has 51 heavy (non-hydrogen) atoms. The van der Waals surface area contributed by atoms with Gasteiger partial charge >= 0.3 is 23.9 Å². The van der Waals surface area contributed by atoms with Crippen molar-refractivity contribution in [3.63, 3.8) is 0 Å². The molecule has 0 saturated heterocycles. The zero-order valence-electron chi connectivity index (χ0n) is 28.9. The maximum absolute atomic E-state index is 13.4. The van der Waals surface area contributed by atoms with Crippen molar-refractivity contribution in [1.29, 1.82) is 0 Å². The largest absolute Gasteiger partial charge is 0.464 e. The average molecular weight is 1310 g/mol. The maximum atomic E-state index is 13.4. The van der Waals surface area contributed by atoms with Crippen molar-refractivity contribution in [3.05, 3.63) is 0 Å². The highest BCUT2D eigenvalue weighted by molar-refractivity contribution is 9.40. The fourth-order valence-electron chi connectivity index (χ4n) is 3.28. The minimum Gasteiger partial charge on any atom is -0.464 e. The third-order valence-electron chi connectivity index (χ3n) is 6.51. The number of alkyl halides is 9. The summed E-state index contributed by atoms with van der Waals surface area (Å²) in [5.41, 5.74) is -7.40. The number of nitrogens with one attached hydrogen (secondary N) is 2. The predicted octanol–water partition coefficient (Wildman–Crippen LogP) is 7.48. The molecule has 13 nitrogen and oxygen atoms in total. The molecule has 22 heteroatoms. The fraction of sp³-hybridized carbons (Fsp3) is 0.759. The van der Waals surface area contributed by atoms with Crippen LogP contribution in [0.15, 0.2) is 0 Å². The van der Waals surface area contributed by atoms with E-state index in [1.807, 2.05) is 0 Å². The molecule has 0 aliphatic rings. The second-order valence-corrected chi connectivity index (χ2v) is 34.5. The number of carbonyl (C=O) groups is 7. The molecule has 2 N–H and O–H groups in total. The second kappa shape index (κ2) is 19.3. The van der Waals surface area contributed by atoms with Gasteiger partial charge in [-0.15, -0.1) is 0 Å². The van der Waals surface area contributed by atoms with Crippen LogP contribution in [0.4, 0.5) is 0 Å². The van der Waals surface area contributed by atoms with Crippen LogP contribution in [0.2, 0.25) is 0 Å². The van der Waals surface area contributed by atoms with Gasteiger partial charge in [0, 0.05) is 6.42 Å². The van der Waals surface area contributed by atoms with Gasteiger partial charge in [-0.05, 0) is 158 Å². The maximum Gasteiger partial charge on any atom is 0.331 e. The van der Waals surface area contributed by atoms with Crippen molar-refractivity contribution in [1.82, 2.24) is 10.6 Å². The first-order chi connectivity index (χ1) is 22.4. The van der Waals surface area contributed by atoms with Crippen molar-refractivity contribution in [2.45, 2.75) is 86.2 Å². The quantitative estimate of drug-likeness (QED) is 0.0943. The monoisotopic (exact) mass is 1300 g/mol. The lowest BCUT2D eigenvalue weighted by atomic mass is 9.87. The Kier molecular flexibility index (Phi) is 19.6. The number of hydrogen-bond acceptors (Lipinski definition) is 11. The minimum absolute atomic E-state index is 0.294. The highest BCUT2D eigenvalue weighted by Crippen LogP contribution is 2.39. The topological polar surface area (TPSA) is 180 Å². The number of Topliss-reactive ketones (excluding diaryl/α,β-unsaturated/α-hetero) is 1. The summed E-state index contributed by atoms with van der Waals surface area (Å²) in [4.78, 5) is 90.9. The van der Waals surface area contributed by atoms with Gasteiger partial charge in [0.15, 0.2) is 7.93 Å². The van der Waals surface area contributed by atoms with E-state index >= 15 is 0 Å². The Labute approximate surface area is 372 Å². The third kappa shape index (κ3) is 18.1. The summed E-state index contributed by atoms with van der Waals surface area (Å²) in [6.07, 6.45) is -0.294. The zero-order chi connectivity index (χ0) is 40.8. The zero-order valence-corrected chi connectivity index (χ0v) is 43.2. The van der Waals surface area contributed by atoms with Crippen LogP contribution in [0.3, 0.4) is 0 Å². The number of ketones is 1. The Balaban J connectivity index is 6.81. The molecule has 0 aromatic rings. The van der Waals surface area contributed by atoms with Crippen LogP contribution in [0.1, 0.15) is 68.7 Å². The Morgan fingerprint density at radius 1 is 0.451 bits per heavy atom. The molecule has 0 bridgehead atoms. The number of ether oxygens (including phenoxy) is 4. The van der Waals surface area contributed by atoms with Gasteiger partial charge in [-0.25, -0.2) is 9.59 Å². The van der Waals surface area contributed by atoms with Gasteiger partial charge in [0.25, 0.3) is 11.8 Å². The molecule has 0 unspecified atom stereocenters. The van der Waals surface area contributed by atoms with Gasteiger partial charge in [0.05, 0.1) is 10.8 Å². The van der Waals surface area contributed by atoms with Gasteiger partial charge < -0.3 is 29.6 Å². The van der Waals surface area contributed by atoms with Crippen LogP contribution in [0, 0.1) is 16.2 Å². The van der Waals surface area contributed by atoms with Crippen molar-refractivity contribution < 1.29 is 52.5 Å². The number of carbonyl (C=O) groups excluding carboxylic acids is 7. The van der Waals surface area contributed by atoms with Gasteiger partial charge in [0.2, 0.25) is 4.29 Å². The summed E-state index contributed by atoms with van der Waals surface area (Å²) < 4.78 is 18.4. The Hall–Kier alpha value is 0.810. The number of amides is 2. The summed E-state index contributed by atoms with van der Waals surface area (Å²) in [6.45, 7) is 10.6. The van der Waals surface area contributed by atoms with Crippen LogP contribution in [-0.4, -0.2) is 85.4 Å². The van der Waals surface area contributed by atoms with Crippen LogP contribution >= 0.6 is 143 Å². The fourth-order valence-corrected chi connectivity index (χ4v) is 4.30. The average Bonchev–Trinajstić information content (AvgIpc) is 2.92. The van der Waals surface area contributed by atoms with E-state index in [0.717, 1.165) is 0 Å². The van der Waals surface area contributed by atoms with E-state index in [1.54, 1.807) is 20.8 Å². The Morgan fingerprint density at radius 3 is 1.02 bits per heavy atom. The number of halogens is 9. The summed E-state index contributed by atoms with van der Waals surface area (Å²) in [5.74, 6) is -5.26. The molecule has 0 aromatic heterocycles. The molecule has 0 heterocycles. The van der Waals surface area contributed by atoms with Crippen LogP contribution in [-0.2, 0) is 52.5 Å². The molecule has 0 rings (SSSR count). The molecule has 0 radical (unpaired) electrons. The van der Waals surface area contributed by atoms with E-state index in [-0.39, 0.29) is 6.42 Å². The van der Waals surface area contributed by atoms with Gasteiger partial charge in [-0.2, -0.15) is 0 Å². The van der Waals surface area contributed by atoms with E-state index < -0.39 is 102 Å². The summed E-state index contributed by atoms with van der Waals surface area (Å²) in [5, 5.41) is 5.00. The SMILES string of the molecule is CC(C)(C)C(=O)OCC(COC(=O)C(C)(C)CC(=O)C(Br)(Br)Br)(COC(=O)C(C)(C)NC(=O)C(Br)(Br)Br)COC(=O)C(C)(C)NC(=O)C(Br)(Br)Br. The molecule has 0 aliphatic heterocycles. The molecule has 0 atom stereocenters. The normalized spacial score (nSPS) is 13.5. The highest BCUT2D eigenvalue weighted by Gasteiger charge is 2.46. The van der Waals surface area contributed by atoms with Crippen LogP contribution in [0.5, 0.6) is 0 Å². The molecule has 2 amide bonds. The standard InChI is InChI=1S/C29H39Br9N2O11/c1-22(2,3)18(44)48-11-26(12-49-19(45)23(4,5)10-15(41)27(30,31)32,13-50-20(46)24(6,7)39-16(42)28(33,34)35)14-51-21(47)25(8,9)40-17(43)29(36,37)38/h10-14H2,1-9H3,(H,39,42)(H,40,43). The predicted molar refractivity (Wildman–Crippen MR) is 222 cm³/mol. The molecule has 0 aliphatic carbocycles. The van der Waals surface area contributed by atoms with Crippen molar-refractivity contribution in [2.24, 2.45) is 16.2 Å². The number of rotatable bonds is 15. The Morgan fingerprint density at radius 2 is 0.745 bits per heavy atom. The first kappa shape index (κ1) is 51.8. The minimum atomic E-state index is -1.75. The second-order valence-electron chi connectivity index (χ2n) is 14.2. The number of hydrogen-bond donors (Lipinski definition) is 2. The van der Waals surface area contributed by atoms with Crippen molar-refractivity contribution in [3.8, 4) is 0 Å². The van der Waals surface area contributed by atoms with Crippen LogP contribution in [0.25, 0.3) is 0 Å². The lowest BCUT2D eigenvalue weighted by molar-refractivity contribution is -0.181. The molecular formula is C29H39Br9N2O11. The summed E-state index contributed by atoms with van der Waals surface area (Å²) in [7, 11) is 0. The van der Waals surface area contributed by atoms with Crippen molar-refractivity contribution in [2.75, 3.05) is 26.4 Å². The summed E-state index contributed by atoms with van der Waals surface area (Å²) >= 11 is 27.9. The molecule has 0 saturated carbocycles. The molecule has 0 spiro atoms. The van der Waals surface area contributed by atoms with E-state index in [2.05, 4.69) is 154 Å². The van der Waals surface area contributed by atoms with Gasteiger partial charge in [-0.3, -0.25) is 24.0 Å². The van der Waals surface area contributed by atoms with Crippen LogP contribution < -0.4 is 10.6 Å². The molecule has 294 valence electrons. The van der Waals surface area contributed by atoms with E-state index in [0.29, 0.717) is 0 Å². The van der Waals surface area contributed by atoms with E-state index in [4.69, 9.17) is 18.9 Å². The highest BCUT2D eigenvalue weighted by atomic mass is 80.0. The van der Waals surface area contributed by atoms with E-state index in [1.165, 1.54) is 41.5 Å².